The summed E-state index contributed by atoms with van der Waals surface area (Å²) < 4.78 is 17.1. The highest BCUT2D eigenvalue weighted by molar-refractivity contribution is 5.54. The van der Waals surface area contributed by atoms with Crippen LogP contribution in [0.4, 0.5) is 5.88 Å². The number of furan rings is 1. The molecule has 2 heterocycles. The number of para-hydroxylation sites is 1. The van der Waals surface area contributed by atoms with E-state index in [1.54, 1.807) is 12.1 Å². The molecular weight excluding hydrogens is 354 g/mol. The zero-order chi connectivity index (χ0) is 19.2. The van der Waals surface area contributed by atoms with Gasteiger partial charge in [-0.15, -0.1) is 0 Å². The number of rotatable bonds is 7. The van der Waals surface area contributed by atoms with Crippen molar-refractivity contribution in [2.24, 2.45) is 0 Å². The molecular formula is C22H17N3O3. The van der Waals surface area contributed by atoms with Gasteiger partial charge in [-0.1, -0.05) is 48.5 Å². The second-order valence-electron chi connectivity index (χ2n) is 6.02. The van der Waals surface area contributed by atoms with E-state index < -0.39 is 0 Å². The lowest BCUT2D eigenvalue weighted by molar-refractivity contribution is 0.271. The van der Waals surface area contributed by atoms with E-state index in [9.17, 15) is 5.26 Å². The van der Waals surface area contributed by atoms with Gasteiger partial charge in [0.05, 0.1) is 0 Å². The average Bonchev–Trinajstić information content (AvgIpc) is 3.39. The smallest absolute Gasteiger partial charge is 0.266 e. The summed E-state index contributed by atoms with van der Waals surface area (Å²) in [6.07, 6.45) is 0. The van der Waals surface area contributed by atoms with E-state index >= 15 is 0 Å². The molecule has 0 aliphatic carbocycles. The zero-order valence-corrected chi connectivity index (χ0v) is 15.0. The van der Waals surface area contributed by atoms with Crippen molar-refractivity contribution in [2.75, 3.05) is 5.32 Å². The molecule has 0 unspecified atom stereocenters. The van der Waals surface area contributed by atoms with Gasteiger partial charge >= 0.3 is 0 Å². The van der Waals surface area contributed by atoms with Crippen LogP contribution in [0.1, 0.15) is 17.0 Å². The van der Waals surface area contributed by atoms with Crippen LogP contribution >= 0.6 is 0 Å². The molecule has 0 saturated carbocycles. The summed E-state index contributed by atoms with van der Waals surface area (Å²) in [6.45, 7) is 0.813. The first kappa shape index (κ1) is 17.4. The monoisotopic (exact) mass is 371 g/mol. The molecule has 2 aromatic carbocycles. The number of hydrogen-bond acceptors (Lipinski definition) is 6. The third-order valence-electron chi connectivity index (χ3n) is 4.03. The van der Waals surface area contributed by atoms with Crippen LogP contribution in [-0.2, 0) is 13.2 Å². The zero-order valence-electron chi connectivity index (χ0n) is 15.0. The average molecular weight is 371 g/mol. The summed E-state index contributed by atoms with van der Waals surface area (Å²) in [7, 11) is 0. The Bertz CT molecular complexity index is 1080. The van der Waals surface area contributed by atoms with Crippen LogP contribution in [0.2, 0.25) is 0 Å². The minimum Gasteiger partial charge on any atom is -0.486 e. The van der Waals surface area contributed by atoms with Crippen LogP contribution in [-0.4, -0.2) is 4.98 Å². The fourth-order valence-electron chi connectivity index (χ4n) is 2.64. The molecule has 0 bridgehead atoms. The Labute approximate surface area is 162 Å². The molecule has 2 aromatic heterocycles. The predicted molar refractivity (Wildman–Crippen MR) is 103 cm³/mol. The maximum Gasteiger partial charge on any atom is 0.266 e. The maximum atomic E-state index is 9.33. The minimum absolute atomic E-state index is 0.185. The molecule has 0 saturated heterocycles. The van der Waals surface area contributed by atoms with Gasteiger partial charge in [-0.05, 0) is 29.8 Å². The Morgan fingerprint density at radius 2 is 1.68 bits per heavy atom. The van der Waals surface area contributed by atoms with E-state index in [0.717, 1.165) is 11.3 Å². The number of aromatic nitrogens is 1. The molecule has 4 rings (SSSR count). The lowest BCUT2D eigenvalue weighted by Crippen LogP contribution is -1.99. The topological polar surface area (TPSA) is 84.2 Å². The Morgan fingerprint density at radius 3 is 2.43 bits per heavy atom. The van der Waals surface area contributed by atoms with Crippen LogP contribution in [0.3, 0.4) is 0 Å². The summed E-state index contributed by atoms with van der Waals surface area (Å²) >= 11 is 0. The molecule has 28 heavy (non-hydrogen) atoms. The van der Waals surface area contributed by atoms with Gasteiger partial charge in [0, 0.05) is 6.54 Å². The summed E-state index contributed by atoms with van der Waals surface area (Å²) in [5.41, 5.74) is 1.26. The number of anilines is 1. The maximum absolute atomic E-state index is 9.33. The third kappa shape index (κ3) is 4.05. The second-order valence-corrected chi connectivity index (χ2v) is 6.02. The Morgan fingerprint density at radius 1 is 0.929 bits per heavy atom. The van der Waals surface area contributed by atoms with Gasteiger partial charge in [0.25, 0.3) is 5.89 Å². The molecule has 6 heteroatoms. The van der Waals surface area contributed by atoms with Crippen LogP contribution in [0.25, 0.3) is 11.7 Å². The van der Waals surface area contributed by atoms with Crippen molar-refractivity contribution in [2.45, 2.75) is 13.2 Å². The highest BCUT2D eigenvalue weighted by atomic mass is 16.5. The highest BCUT2D eigenvalue weighted by Crippen LogP contribution is 2.27. The summed E-state index contributed by atoms with van der Waals surface area (Å²) in [5, 5.41) is 12.4. The number of nitrogens with one attached hydrogen (secondary N) is 1. The molecule has 6 nitrogen and oxygen atoms in total. The van der Waals surface area contributed by atoms with Crippen molar-refractivity contribution in [1.82, 2.24) is 4.98 Å². The largest absolute Gasteiger partial charge is 0.486 e. The summed E-state index contributed by atoms with van der Waals surface area (Å²) in [5.74, 6) is 2.40. The Kier molecular flexibility index (Phi) is 5.07. The standard InChI is InChI=1S/C22H17N3O3/c23-13-19-21(24-14-16-7-3-1-4-8-16)28-22(25-19)20-12-11-18(27-20)15-26-17-9-5-2-6-10-17/h1-12,24H,14-15H2. The molecule has 0 atom stereocenters. The van der Waals surface area contributed by atoms with E-state index in [0.29, 0.717) is 23.9 Å². The van der Waals surface area contributed by atoms with Crippen LogP contribution < -0.4 is 10.1 Å². The van der Waals surface area contributed by atoms with Gasteiger partial charge in [-0.3, -0.25) is 0 Å². The van der Waals surface area contributed by atoms with Crippen molar-refractivity contribution in [1.29, 1.82) is 5.26 Å². The fourth-order valence-corrected chi connectivity index (χ4v) is 2.64. The van der Waals surface area contributed by atoms with Crippen LogP contribution in [0.15, 0.2) is 81.6 Å². The van der Waals surface area contributed by atoms with E-state index in [1.807, 2.05) is 66.7 Å². The molecule has 0 aliphatic heterocycles. The summed E-state index contributed by atoms with van der Waals surface area (Å²) in [6, 6.07) is 24.9. The molecule has 0 amide bonds. The third-order valence-corrected chi connectivity index (χ3v) is 4.03. The number of benzene rings is 2. The molecule has 0 radical (unpaired) electrons. The van der Waals surface area contributed by atoms with Crippen molar-refractivity contribution in [3.8, 4) is 23.5 Å². The lowest BCUT2D eigenvalue weighted by atomic mass is 10.2. The second kappa shape index (κ2) is 8.14. The van der Waals surface area contributed by atoms with Crippen molar-refractivity contribution in [3.05, 3.63) is 89.8 Å². The van der Waals surface area contributed by atoms with E-state index in [1.165, 1.54) is 0 Å². The number of oxazole rings is 1. The normalized spacial score (nSPS) is 10.4. The number of nitriles is 1. The number of hydrogen-bond donors (Lipinski definition) is 1. The number of nitrogens with zero attached hydrogens (tertiary/aromatic N) is 2. The van der Waals surface area contributed by atoms with Gasteiger partial charge in [0.15, 0.2) is 5.76 Å². The van der Waals surface area contributed by atoms with Gasteiger partial charge in [0.1, 0.15) is 24.2 Å². The Hall–Kier alpha value is -3.98. The minimum atomic E-state index is 0.185. The van der Waals surface area contributed by atoms with Crippen molar-refractivity contribution < 1.29 is 13.6 Å². The molecule has 0 fully saturated rings. The van der Waals surface area contributed by atoms with Gasteiger partial charge in [-0.25, -0.2) is 0 Å². The fraction of sp³-hybridized carbons (Fsp3) is 0.0909. The first-order valence-corrected chi connectivity index (χ1v) is 8.77. The molecule has 1 N–H and O–H groups in total. The van der Waals surface area contributed by atoms with Crippen molar-refractivity contribution >= 4 is 5.88 Å². The quantitative estimate of drug-likeness (QED) is 0.492. The van der Waals surface area contributed by atoms with Gasteiger partial charge in [-0.2, -0.15) is 10.2 Å². The van der Waals surface area contributed by atoms with E-state index in [4.69, 9.17) is 13.6 Å². The van der Waals surface area contributed by atoms with E-state index in [-0.39, 0.29) is 18.2 Å². The lowest BCUT2D eigenvalue weighted by Gasteiger charge is -2.03. The van der Waals surface area contributed by atoms with Crippen LogP contribution in [0.5, 0.6) is 5.75 Å². The molecule has 0 spiro atoms. The molecule has 138 valence electrons. The first-order valence-electron chi connectivity index (χ1n) is 8.77. The van der Waals surface area contributed by atoms with Crippen molar-refractivity contribution in [3.63, 3.8) is 0 Å². The highest BCUT2D eigenvalue weighted by Gasteiger charge is 2.17. The van der Waals surface area contributed by atoms with E-state index in [2.05, 4.69) is 10.3 Å². The van der Waals surface area contributed by atoms with Gasteiger partial charge in [0.2, 0.25) is 11.6 Å². The SMILES string of the molecule is N#Cc1nc(-c2ccc(COc3ccccc3)o2)oc1NCc1ccccc1. The predicted octanol–water partition coefficient (Wildman–Crippen LogP) is 5.00. The molecule has 0 aliphatic rings. The summed E-state index contributed by atoms with van der Waals surface area (Å²) in [4.78, 5) is 4.22. The number of ether oxygens (including phenoxy) is 1. The first-order chi connectivity index (χ1) is 13.8. The Balaban J connectivity index is 1.45. The van der Waals surface area contributed by atoms with Gasteiger partial charge < -0.3 is 18.9 Å². The molecule has 4 aromatic rings. The van der Waals surface area contributed by atoms with Crippen LogP contribution in [0, 0.1) is 11.3 Å².